The molecular formula is C18H24N2O2. The maximum absolute atomic E-state index is 9.22. The maximum atomic E-state index is 9.22. The van der Waals surface area contributed by atoms with Gasteiger partial charge in [-0.05, 0) is 62.3 Å². The van der Waals surface area contributed by atoms with Crippen LogP contribution in [0.3, 0.4) is 0 Å². The highest BCUT2D eigenvalue weighted by molar-refractivity contribution is 5.45. The van der Waals surface area contributed by atoms with Crippen LogP contribution in [0.2, 0.25) is 0 Å². The van der Waals surface area contributed by atoms with Crippen molar-refractivity contribution in [2.24, 2.45) is 11.8 Å². The third kappa shape index (κ3) is 2.91. The van der Waals surface area contributed by atoms with E-state index in [1.165, 1.54) is 25.7 Å². The quantitative estimate of drug-likeness (QED) is 0.905. The van der Waals surface area contributed by atoms with E-state index < -0.39 is 0 Å². The van der Waals surface area contributed by atoms with Gasteiger partial charge in [-0.1, -0.05) is 12.5 Å². The van der Waals surface area contributed by atoms with E-state index in [4.69, 9.17) is 9.47 Å². The van der Waals surface area contributed by atoms with Gasteiger partial charge in [-0.3, -0.25) is 0 Å². The van der Waals surface area contributed by atoms with Gasteiger partial charge in [-0.25, -0.2) is 0 Å². The maximum Gasteiger partial charge on any atom is 0.161 e. The van der Waals surface area contributed by atoms with Crippen molar-refractivity contribution in [3.8, 4) is 17.6 Å². The zero-order chi connectivity index (χ0) is 15.5. The summed E-state index contributed by atoms with van der Waals surface area (Å²) in [7, 11) is 3.45. The number of ether oxygens (including phenoxy) is 2. The fourth-order valence-electron chi connectivity index (χ4n) is 3.94. The Balaban J connectivity index is 1.81. The van der Waals surface area contributed by atoms with Gasteiger partial charge in [0.15, 0.2) is 11.5 Å². The van der Waals surface area contributed by atoms with Gasteiger partial charge in [0.05, 0.1) is 13.2 Å². The summed E-state index contributed by atoms with van der Waals surface area (Å²) in [5.41, 5.74) is 0.918. The molecule has 2 aliphatic carbocycles. The van der Waals surface area contributed by atoms with Crippen LogP contribution in [0.5, 0.6) is 11.5 Å². The van der Waals surface area contributed by atoms with Crippen molar-refractivity contribution in [1.29, 1.82) is 5.26 Å². The minimum absolute atomic E-state index is 0.290. The van der Waals surface area contributed by atoms with Crippen LogP contribution in [0.15, 0.2) is 18.2 Å². The number of methoxy groups -OCH3 is 1. The lowest BCUT2D eigenvalue weighted by Gasteiger charge is -2.30. The molecule has 1 N–H and O–H groups in total. The molecule has 0 radical (unpaired) electrons. The van der Waals surface area contributed by atoms with Gasteiger partial charge >= 0.3 is 0 Å². The van der Waals surface area contributed by atoms with Gasteiger partial charge in [-0.15, -0.1) is 0 Å². The molecule has 4 nitrogen and oxygen atoms in total. The topological polar surface area (TPSA) is 54.3 Å². The molecule has 4 unspecified atom stereocenters. The van der Waals surface area contributed by atoms with Gasteiger partial charge in [-0.2, -0.15) is 5.26 Å². The number of nitrogens with zero attached hydrogens (tertiary/aromatic N) is 1. The number of benzene rings is 1. The molecule has 4 heteroatoms. The summed E-state index contributed by atoms with van der Waals surface area (Å²) in [4.78, 5) is 0. The lowest BCUT2D eigenvalue weighted by Crippen LogP contribution is -2.29. The van der Waals surface area contributed by atoms with E-state index in [9.17, 15) is 5.26 Å². The minimum Gasteiger partial charge on any atom is -0.493 e. The van der Waals surface area contributed by atoms with Crippen LogP contribution in [-0.2, 0) is 0 Å². The average Bonchev–Trinajstić information content (AvgIpc) is 2.94. The summed E-state index contributed by atoms with van der Waals surface area (Å²) >= 11 is 0. The molecule has 1 aromatic carbocycles. The number of nitrogens with one attached hydrogen (secondary N) is 1. The van der Waals surface area contributed by atoms with Crippen molar-refractivity contribution in [1.82, 2.24) is 5.32 Å². The van der Waals surface area contributed by atoms with Crippen molar-refractivity contribution in [2.75, 3.05) is 14.2 Å². The van der Waals surface area contributed by atoms with Crippen molar-refractivity contribution < 1.29 is 9.47 Å². The average molecular weight is 300 g/mol. The Kier molecular flexibility index (Phi) is 4.54. The molecule has 4 atom stereocenters. The van der Waals surface area contributed by atoms with Crippen LogP contribution < -0.4 is 14.8 Å². The van der Waals surface area contributed by atoms with Crippen LogP contribution in [0.1, 0.15) is 43.7 Å². The van der Waals surface area contributed by atoms with Crippen LogP contribution in [0, 0.1) is 23.2 Å². The standard InChI is InChI=1S/C18H24N2O2/c1-20-15(11-19)13-6-8-17(21-2)18(10-13)22-16-7-4-12-3-5-14(16)9-12/h6,8,10,12,14-16,20H,3-5,7,9H2,1-2H3. The molecule has 2 fully saturated rings. The van der Waals surface area contributed by atoms with Gasteiger partial charge in [0.25, 0.3) is 0 Å². The molecule has 118 valence electrons. The Labute approximate surface area is 132 Å². The normalized spacial score (nSPS) is 28.0. The third-order valence-corrected chi connectivity index (χ3v) is 5.18. The Morgan fingerprint density at radius 2 is 2.05 bits per heavy atom. The van der Waals surface area contributed by atoms with Gasteiger partial charge in [0.1, 0.15) is 12.1 Å². The van der Waals surface area contributed by atoms with Gasteiger partial charge in [0.2, 0.25) is 0 Å². The number of hydrogen-bond acceptors (Lipinski definition) is 4. The van der Waals surface area contributed by atoms with E-state index >= 15 is 0 Å². The van der Waals surface area contributed by atoms with E-state index in [1.807, 2.05) is 18.2 Å². The summed E-state index contributed by atoms with van der Waals surface area (Å²) < 4.78 is 11.8. The molecule has 3 rings (SSSR count). The van der Waals surface area contributed by atoms with E-state index in [0.29, 0.717) is 5.92 Å². The molecule has 2 saturated carbocycles. The summed E-state index contributed by atoms with van der Waals surface area (Å²) in [5.74, 6) is 3.12. The minimum atomic E-state index is -0.324. The fourth-order valence-corrected chi connectivity index (χ4v) is 3.94. The van der Waals surface area contributed by atoms with Gasteiger partial charge < -0.3 is 14.8 Å². The first-order valence-corrected chi connectivity index (χ1v) is 8.16. The van der Waals surface area contributed by atoms with Crippen molar-refractivity contribution >= 4 is 0 Å². The van der Waals surface area contributed by atoms with E-state index in [-0.39, 0.29) is 12.1 Å². The first-order valence-electron chi connectivity index (χ1n) is 8.16. The molecule has 0 amide bonds. The molecule has 0 heterocycles. The first-order chi connectivity index (χ1) is 10.7. The highest BCUT2D eigenvalue weighted by Crippen LogP contribution is 2.44. The monoisotopic (exact) mass is 300 g/mol. The molecule has 0 saturated heterocycles. The van der Waals surface area contributed by atoms with Crippen molar-refractivity contribution in [3.05, 3.63) is 23.8 Å². The van der Waals surface area contributed by atoms with Crippen LogP contribution in [0.4, 0.5) is 0 Å². The molecule has 0 spiro atoms. The Morgan fingerprint density at radius 1 is 1.23 bits per heavy atom. The van der Waals surface area contributed by atoms with Crippen LogP contribution in [0.25, 0.3) is 0 Å². The molecule has 1 aromatic rings. The molecule has 0 aliphatic heterocycles. The summed E-state index contributed by atoms with van der Waals surface area (Å²) in [5, 5.41) is 12.2. The third-order valence-electron chi connectivity index (χ3n) is 5.18. The zero-order valence-corrected chi connectivity index (χ0v) is 13.3. The predicted molar refractivity (Wildman–Crippen MR) is 84.9 cm³/mol. The zero-order valence-electron chi connectivity index (χ0n) is 13.3. The smallest absolute Gasteiger partial charge is 0.161 e. The predicted octanol–water partition coefficient (Wildman–Crippen LogP) is 3.44. The largest absolute Gasteiger partial charge is 0.493 e. The Bertz CT molecular complexity index is 567. The second-order valence-electron chi connectivity index (χ2n) is 6.43. The Hall–Kier alpha value is -1.73. The lowest BCUT2D eigenvalue weighted by molar-refractivity contribution is 0.0964. The fraction of sp³-hybridized carbons (Fsp3) is 0.611. The number of rotatable bonds is 5. The SMILES string of the molecule is CNC(C#N)c1ccc(OC)c(OC2CCC3CCC2C3)c1. The van der Waals surface area contributed by atoms with Crippen molar-refractivity contribution in [3.63, 3.8) is 0 Å². The lowest BCUT2D eigenvalue weighted by atomic mass is 9.87. The number of hydrogen-bond donors (Lipinski definition) is 1. The second kappa shape index (κ2) is 6.58. The molecule has 22 heavy (non-hydrogen) atoms. The number of nitriles is 1. The molecule has 2 bridgehead atoms. The molecule has 0 aromatic heterocycles. The number of fused-ring (bicyclic) bond motifs is 2. The van der Waals surface area contributed by atoms with E-state index in [2.05, 4.69) is 11.4 Å². The summed E-state index contributed by atoms with van der Waals surface area (Å²) in [6.07, 6.45) is 6.66. The second-order valence-corrected chi connectivity index (χ2v) is 6.43. The van der Waals surface area contributed by atoms with E-state index in [1.54, 1.807) is 14.2 Å². The van der Waals surface area contributed by atoms with Crippen LogP contribution in [-0.4, -0.2) is 20.3 Å². The van der Waals surface area contributed by atoms with Gasteiger partial charge in [0, 0.05) is 0 Å². The van der Waals surface area contributed by atoms with Crippen LogP contribution >= 0.6 is 0 Å². The van der Waals surface area contributed by atoms with Crippen molar-refractivity contribution in [2.45, 2.75) is 44.2 Å². The molecule has 2 aliphatic rings. The summed E-state index contributed by atoms with van der Waals surface area (Å²) in [6, 6.07) is 7.70. The van der Waals surface area contributed by atoms with E-state index in [0.717, 1.165) is 29.4 Å². The highest BCUT2D eigenvalue weighted by atomic mass is 16.5. The first kappa shape index (κ1) is 15.2. The summed E-state index contributed by atoms with van der Waals surface area (Å²) in [6.45, 7) is 0. The highest BCUT2D eigenvalue weighted by Gasteiger charge is 2.37. The Morgan fingerprint density at radius 3 is 2.77 bits per heavy atom. The molecular weight excluding hydrogens is 276 g/mol.